The van der Waals surface area contributed by atoms with E-state index in [1.54, 1.807) is 30.3 Å². The van der Waals surface area contributed by atoms with Gasteiger partial charge in [-0.05, 0) is 31.2 Å². The Morgan fingerprint density at radius 1 is 0.969 bits per heavy atom. The van der Waals surface area contributed by atoms with Crippen LogP contribution in [0.15, 0.2) is 59.5 Å². The fourth-order valence-electron chi connectivity index (χ4n) is 3.17. The molecule has 1 fully saturated rings. The number of carbonyl (C=O) groups excluding carboxylic acids is 2. The Labute approximate surface area is 186 Å². The smallest absolute Gasteiger partial charge is 0.338 e. The summed E-state index contributed by atoms with van der Waals surface area (Å²) in [5.41, 5.74) is 1.10. The van der Waals surface area contributed by atoms with Gasteiger partial charge in [-0.3, -0.25) is 8.98 Å². The summed E-state index contributed by atoms with van der Waals surface area (Å²) in [6.45, 7) is 2.76. The highest BCUT2D eigenvalue weighted by molar-refractivity contribution is 7.86. The summed E-state index contributed by atoms with van der Waals surface area (Å²) in [5.74, 6) is -1.42. The highest BCUT2D eigenvalue weighted by atomic mass is 32.2. The van der Waals surface area contributed by atoms with Gasteiger partial charge < -0.3 is 18.9 Å². The van der Waals surface area contributed by atoms with E-state index in [4.69, 9.17) is 23.1 Å². The molecule has 1 aliphatic rings. The third kappa shape index (κ3) is 5.71. The predicted molar refractivity (Wildman–Crippen MR) is 111 cm³/mol. The molecule has 10 heteroatoms. The SMILES string of the molecule is CO[C@H]1OC[C@@H](OC(C)=O)[C@@H](OS(=O)(=O)c2ccc(C)cc2)[C@H]1OC(=O)c1ccccc1. The molecule has 0 spiro atoms. The van der Waals surface area contributed by atoms with Gasteiger partial charge in [-0.2, -0.15) is 8.42 Å². The van der Waals surface area contributed by atoms with Gasteiger partial charge >= 0.3 is 11.9 Å². The van der Waals surface area contributed by atoms with Crippen LogP contribution in [0.2, 0.25) is 0 Å². The summed E-state index contributed by atoms with van der Waals surface area (Å²) in [6, 6.07) is 14.1. The van der Waals surface area contributed by atoms with E-state index in [1.807, 2.05) is 6.92 Å². The van der Waals surface area contributed by atoms with Gasteiger partial charge in [0, 0.05) is 14.0 Å². The highest BCUT2D eigenvalue weighted by Gasteiger charge is 2.48. The lowest BCUT2D eigenvalue weighted by Crippen LogP contribution is -2.58. The van der Waals surface area contributed by atoms with Crippen molar-refractivity contribution in [1.29, 1.82) is 0 Å². The van der Waals surface area contributed by atoms with Crippen molar-refractivity contribution in [3.63, 3.8) is 0 Å². The van der Waals surface area contributed by atoms with Crippen LogP contribution in [-0.2, 0) is 38.0 Å². The Morgan fingerprint density at radius 2 is 1.62 bits per heavy atom. The predicted octanol–water partition coefficient (Wildman–Crippen LogP) is 2.23. The van der Waals surface area contributed by atoms with Crippen LogP contribution in [0.3, 0.4) is 0 Å². The first kappa shape index (κ1) is 23.9. The van der Waals surface area contributed by atoms with Crippen LogP contribution in [-0.4, -0.2) is 58.7 Å². The maximum Gasteiger partial charge on any atom is 0.338 e. The second-order valence-corrected chi connectivity index (χ2v) is 8.72. The zero-order valence-corrected chi connectivity index (χ0v) is 18.6. The number of rotatable bonds is 7. The molecule has 32 heavy (non-hydrogen) atoms. The molecule has 9 nitrogen and oxygen atoms in total. The quantitative estimate of drug-likeness (QED) is 0.449. The summed E-state index contributed by atoms with van der Waals surface area (Å²) >= 11 is 0. The highest BCUT2D eigenvalue weighted by Crippen LogP contribution is 2.28. The fraction of sp³-hybridized carbons (Fsp3) is 0.364. The Balaban J connectivity index is 1.94. The molecule has 0 radical (unpaired) electrons. The molecule has 172 valence electrons. The molecule has 1 heterocycles. The number of ether oxygens (including phenoxy) is 4. The largest absolute Gasteiger partial charge is 0.457 e. The van der Waals surface area contributed by atoms with E-state index in [0.717, 1.165) is 5.56 Å². The number of hydrogen-bond acceptors (Lipinski definition) is 9. The minimum atomic E-state index is -4.30. The zero-order chi connectivity index (χ0) is 23.3. The monoisotopic (exact) mass is 464 g/mol. The second-order valence-electron chi connectivity index (χ2n) is 7.15. The van der Waals surface area contributed by atoms with Crippen molar-refractivity contribution in [3.8, 4) is 0 Å². The van der Waals surface area contributed by atoms with Gasteiger partial charge in [-0.1, -0.05) is 35.9 Å². The minimum Gasteiger partial charge on any atom is -0.457 e. The summed E-state index contributed by atoms with van der Waals surface area (Å²) in [7, 11) is -2.99. The normalized spacial score (nSPS) is 23.3. The molecule has 1 aliphatic heterocycles. The van der Waals surface area contributed by atoms with Crippen molar-refractivity contribution < 1.29 is 41.1 Å². The molecule has 2 aromatic rings. The molecule has 4 atom stereocenters. The first-order valence-corrected chi connectivity index (χ1v) is 11.2. The molecular formula is C22H24O9S. The van der Waals surface area contributed by atoms with Crippen LogP contribution < -0.4 is 0 Å². The number of aryl methyl sites for hydroxylation is 1. The zero-order valence-electron chi connectivity index (χ0n) is 17.8. The Kier molecular flexibility index (Phi) is 7.62. The van der Waals surface area contributed by atoms with Gasteiger partial charge in [0.25, 0.3) is 10.1 Å². The maximum absolute atomic E-state index is 13.0. The Morgan fingerprint density at radius 3 is 2.22 bits per heavy atom. The van der Waals surface area contributed by atoms with Crippen molar-refractivity contribution in [1.82, 2.24) is 0 Å². The number of hydrogen-bond donors (Lipinski definition) is 0. The molecule has 0 aromatic heterocycles. The summed E-state index contributed by atoms with van der Waals surface area (Å²) in [5, 5.41) is 0. The molecule has 1 saturated heterocycles. The van der Waals surface area contributed by atoms with Gasteiger partial charge in [-0.25, -0.2) is 4.79 Å². The van der Waals surface area contributed by atoms with E-state index >= 15 is 0 Å². The molecule has 2 aromatic carbocycles. The van der Waals surface area contributed by atoms with Crippen molar-refractivity contribution in [3.05, 3.63) is 65.7 Å². The number of methoxy groups -OCH3 is 1. The third-order valence-corrected chi connectivity index (χ3v) is 6.06. The van der Waals surface area contributed by atoms with E-state index in [-0.39, 0.29) is 17.1 Å². The average Bonchev–Trinajstić information content (AvgIpc) is 2.76. The van der Waals surface area contributed by atoms with Crippen molar-refractivity contribution in [2.45, 2.75) is 43.3 Å². The fourth-order valence-corrected chi connectivity index (χ4v) is 4.28. The van der Waals surface area contributed by atoms with Gasteiger partial charge in [0.05, 0.1) is 17.1 Å². The van der Waals surface area contributed by atoms with Gasteiger partial charge in [-0.15, -0.1) is 0 Å². The minimum absolute atomic E-state index is 0.0988. The molecule has 0 amide bonds. The van der Waals surface area contributed by atoms with E-state index in [2.05, 4.69) is 0 Å². The van der Waals surface area contributed by atoms with Crippen LogP contribution in [0.4, 0.5) is 0 Å². The van der Waals surface area contributed by atoms with Gasteiger partial charge in [0.2, 0.25) is 0 Å². The summed E-state index contributed by atoms with van der Waals surface area (Å²) < 4.78 is 52.9. The standard InChI is InChI=1S/C22H24O9S/c1-14-9-11-17(12-10-14)32(25,26)31-19-18(29-15(2)23)13-28-22(27-3)20(19)30-21(24)16-7-5-4-6-8-16/h4-12,18-20,22H,13H2,1-3H3/t18-,19-,20-,22+/m1/s1. The van der Waals surface area contributed by atoms with Crippen LogP contribution >= 0.6 is 0 Å². The van der Waals surface area contributed by atoms with Crippen LogP contribution in [0.5, 0.6) is 0 Å². The van der Waals surface area contributed by atoms with Crippen molar-refractivity contribution in [2.24, 2.45) is 0 Å². The van der Waals surface area contributed by atoms with E-state index in [1.165, 1.54) is 38.3 Å². The number of esters is 2. The van der Waals surface area contributed by atoms with Gasteiger partial charge in [0.1, 0.15) is 0 Å². The van der Waals surface area contributed by atoms with Gasteiger partial charge in [0.15, 0.2) is 24.6 Å². The third-order valence-electron chi connectivity index (χ3n) is 4.73. The lowest BCUT2D eigenvalue weighted by atomic mass is 10.0. The molecule has 0 saturated carbocycles. The number of benzene rings is 2. The average molecular weight is 464 g/mol. The Bertz CT molecular complexity index is 1030. The summed E-state index contributed by atoms with van der Waals surface area (Å²) in [4.78, 5) is 24.2. The lowest BCUT2D eigenvalue weighted by Gasteiger charge is -2.39. The molecule has 0 aliphatic carbocycles. The van der Waals surface area contributed by atoms with E-state index in [0.29, 0.717) is 0 Å². The first-order valence-electron chi connectivity index (χ1n) is 9.79. The topological polar surface area (TPSA) is 114 Å². The summed E-state index contributed by atoms with van der Waals surface area (Å²) in [6.07, 6.45) is -5.05. The van der Waals surface area contributed by atoms with Crippen molar-refractivity contribution in [2.75, 3.05) is 13.7 Å². The molecule has 0 bridgehead atoms. The van der Waals surface area contributed by atoms with E-state index in [9.17, 15) is 18.0 Å². The molecule has 0 N–H and O–H groups in total. The Hall–Kier alpha value is -2.79. The molecule has 0 unspecified atom stereocenters. The van der Waals surface area contributed by atoms with Crippen LogP contribution in [0.25, 0.3) is 0 Å². The van der Waals surface area contributed by atoms with Crippen LogP contribution in [0.1, 0.15) is 22.8 Å². The lowest BCUT2D eigenvalue weighted by molar-refractivity contribution is -0.259. The van der Waals surface area contributed by atoms with E-state index < -0.39 is 46.7 Å². The van der Waals surface area contributed by atoms with Crippen molar-refractivity contribution >= 4 is 22.1 Å². The van der Waals surface area contributed by atoms with Crippen LogP contribution in [0, 0.1) is 6.92 Å². The second kappa shape index (κ2) is 10.2. The maximum atomic E-state index is 13.0. The number of carbonyl (C=O) groups is 2. The molecular weight excluding hydrogens is 440 g/mol. The molecule has 3 rings (SSSR count). The first-order chi connectivity index (χ1) is 15.2.